The number of nitrogens with two attached hydrogens (primary N) is 1. The Hall–Kier alpha value is -3.82. The van der Waals surface area contributed by atoms with Gasteiger partial charge < -0.3 is 14.3 Å². The molecule has 3 aromatic heterocycles. The van der Waals surface area contributed by atoms with Crippen molar-refractivity contribution in [2.24, 2.45) is 0 Å². The number of pyridine rings is 1. The molecule has 5 rings (SSSR count). The molecule has 0 saturated heterocycles. The number of phosphoric acid groups is 1. The molecule has 0 aliphatic heterocycles. The lowest BCUT2D eigenvalue weighted by Gasteiger charge is -2.14. The smallest absolute Gasteiger partial charge is 0.285 e. The molecule has 0 spiro atoms. The van der Waals surface area contributed by atoms with E-state index in [0.717, 1.165) is 27.7 Å². The standard InChI is InChI=1S/C24H22N5O5P/c25-24-21(5-3-11-28(24)16-33-35(30,31)32)23-13-20(27-34-23)12-17-7-9-18(10-8-17)14-29-15-19-4-1-2-6-22(19)26-29/h1-11,13,15,25H,12,14,16H2,(H2,30,31,32). The van der Waals surface area contributed by atoms with Crippen molar-refractivity contribution in [3.8, 4) is 11.3 Å². The van der Waals surface area contributed by atoms with Crippen LogP contribution >= 0.6 is 7.82 Å². The first-order valence-corrected chi connectivity index (χ1v) is 12.3. The van der Waals surface area contributed by atoms with Gasteiger partial charge in [0.05, 0.1) is 24.0 Å². The van der Waals surface area contributed by atoms with Gasteiger partial charge in [0.25, 0.3) is 13.6 Å². The number of nitrogen functional groups attached to an aromatic ring is 1. The van der Waals surface area contributed by atoms with E-state index in [0.29, 0.717) is 24.3 Å². The van der Waals surface area contributed by atoms with Crippen molar-refractivity contribution in [1.29, 1.82) is 0 Å². The van der Waals surface area contributed by atoms with Crippen LogP contribution in [0.3, 0.4) is 0 Å². The Morgan fingerprint density at radius 1 is 1.11 bits per heavy atom. The van der Waals surface area contributed by atoms with Crippen molar-refractivity contribution >= 4 is 24.5 Å². The average molecular weight is 491 g/mol. The van der Waals surface area contributed by atoms with Crippen molar-refractivity contribution in [3.05, 3.63) is 95.9 Å². The zero-order valence-electron chi connectivity index (χ0n) is 18.5. The second kappa shape index (κ2) is 9.44. The van der Waals surface area contributed by atoms with Crippen molar-refractivity contribution in [1.82, 2.24) is 14.9 Å². The van der Waals surface area contributed by atoms with Crippen LogP contribution in [-0.2, 0) is 28.8 Å². The van der Waals surface area contributed by atoms with Crippen LogP contribution < -0.4 is 15.2 Å². The van der Waals surface area contributed by atoms with Crippen LogP contribution in [0.2, 0.25) is 0 Å². The molecule has 3 heterocycles. The Balaban J connectivity index is 1.26. The lowest BCUT2D eigenvalue weighted by atomic mass is 10.1. The van der Waals surface area contributed by atoms with E-state index in [9.17, 15) is 9.46 Å². The number of anilines is 1. The minimum Gasteiger partial charge on any atom is -0.756 e. The topological polar surface area (TPSA) is 143 Å². The number of hydrogen-bond acceptors (Lipinski definition) is 7. The lowest BCUT2D eigenvalue weighted by molar-refractivity contribution is -0.712. The molecule has 0 aliphatic rings. The molecule has 0 radical (unpaired) electrons. The molecule has 35 heavy (non-hydrogen) atoms. The molecule has 0 saturated carbocycles. The molecule has 0 bridgehead atoms. The monoisotopic (exact) mass is 491 g/mol. The minimum atomic E-state index is -4.87. The first-order valence-electron chi connectivity index (χ1n) is 10.8. The van der Waals surface area contributed by atoms with Crippen LogP contribution in [0, 0.1) is 0 Å². The molecule has 1 atom stereocenters. The maximum atomic E-state index is 10.9. The highest BCUT2D eigenvalue weighted by atomic mass is 31.2. The van der Waals surface area contributed by atoms with E-state index in [-0.39, 0.29) is 5.82 Å². The molecule has 0 aliphatic carbocycles. The first kappa shape index (κ1) is 22.9. The molecule has 1 unspecified atom stereocenters. The summed E-state index contributed by atoms with van der Waals surface area (Å²) >= 11 is 0. The van der Waals surface area contributed by atoms with Crippen molar-refractivity contribution in [2.45, 2.75) is 19.7 Å². The summed E-state index contributed by atoms with van der Waals surface area (Å²) in [5, 5.41) is 9.85. The Morgan fingerprint density at radius 3 is 2.66 bits per heavy atom. The highest BCUT2D eigenvalue weighted by Crippen LogP contribution is 2.30. The summed E-state index contributed by atoms with van der Waals surface area (Å²) in [6, 6.07) is 21.4. The lowest BCUT2D eigenvalue weighted by Crippen LogP contribution is -2.38. The normalized spacial score (nSPS) is 13.2. The molecule has 2 aromatic carbocycles. The molecule has 11 heteroatoms. The van der Waals surface area contributed by atoms with E-state index < -0.39 is 14.6 Å². The highest BCUT2D eigenvalue weighted by molar-refractivity contribution is 7.44. The van der Waals surface area contributed by atoms with Gasteiger partial charge in [0.2, 0.25) is 0 Å². The van der Waals surface area contributed by atoms with Gasteiger partial charge in [0.1, 0.15) is 5.56 Å². The van der Waals surface area contributed by atoms with Crippen LogP contribution in [0.25, 0.3) is 22.2 Å². The summed E-state index contributed by atoms with van der Waals surface area (Å²) in [6.07, 6.45) is 4.13. The molecule has 10 nitrogen and oxygen atoms in total. The fourth-order valence-corrected chi connectivity index (χ4v) is 4.07. The zero-order valence-corrected chi connectivity index (χ0v) is 19.4. The van der Waals surface area contributed by atoms with Gasteiger partial charge in [-0.05, 0) is 29.3 Å². The summed E-state index contributed by atoms with van der Waals surface area (Å²) < 4.78 is 24.0. The largest absolute Gasteiger partial charge is 0.756 e. The Kier molecular flexibility index (Phi) is 6.19. The van der Waals surface area contributed by atoms with E-state index in [1.54, 1.807) is 18.2 Å². The minimum absolute atomic E-state index is 0.208. The first-order chi connectivity index (χ1) is 16.8. The van der Waals surface area contributed by atoms with Gasteiger partial charge in [0.15, 0.2) is 12.5 Å². The molecular formula is C24H22N5O5P. The Morgan fingerprint density at radius 2 is 1.89 bits per heavy atom. The second-order valence-electron chi connectivity index (χ2n) is 8.06. The molecule has 5 aromatic rings. The number of benzene rings is 2. The van der Waals surface area contributed by atoms with Crippen molar-refractivity contribution in [3.63, 3.8) is 0 Å². The number of nitrogens with zero attached hydrogens (tertiary/aromatic N) is 4. The summed E-state index contributed by atoms with van der Waals surface area (Å²) in [7, 11) is -4.87. The number of phosphoric ester groups is 1. The number of hydrogen-bond donors (Lipinski definition) is 2. The van der Waals surface area contributed by atoms with Crippen LogP contribution in [0.4, 0.5) is 5.82 Å². The van der Waals surface area contributed by atoms with Crippen molar-refractivity contribution in [2.75, 3.05) is 5.73 Å². The van der Waals surface area contributed by atoms with Gasteiger partial charge >= 0.3 is 0 Å². The van der Waals surface area contributed by atoms with Crippen LogP contribution in [-0.4, -0.2) is 19.8 Å². The zero-order chi connectivity index (χ0) is 24.4. The van der Waals surface area contributed by atoms with E-state index in [4.69, 9.17) is 15.2 Å². The summed E-state index contributed by atoms with van der Waals surface area (Å²) in [6.45, 7) is 0.219. The van der Waals surface area contributed by atoms with Gasteiger partial charge in [-0.25, -0.2) is 4.57 Å². The van der Waals surface area contributed by atoms with Crippen LogP contribution in [0.1, 0.15) is 16.8 Å². The predicted molar refractivity (Wildman–Crippen MR) is 126 cm³/mol. The third kappa shape index (κ3) is 5.47. The van der Waals surface area contributed by atoms with E-state index in [2.05, 4.69) is 26.9 Å². The number of rotatable bonds is 8. The van der Waals surface area contributed by atoms with Gasteiger partial charge in [-0.3, -0.25) is 19.5 Å². The fourth-order valence-electron chi connectivity index (χ4n) is 3.80. The van der Waals surface area contributed by atoms with E-state index in [1.165, 1.54) is 10.8 Å². The Bertz CT molecular complexity index is 1490. The molecule has 178 valence electrons. The number of fused-ring (bicyclic) bond motifs is 1. The van der Waals surface area contributed by atoms with Gasteiger partial charge in [0, 0.05) is 24.1 Å². The molecule has 3 N–H and O–H groups in total. The van der Waals surface area contributed by atoms with Crippen LogP contribution in [0.15, 0.2) is 83.6 Å². The maximum Gasteiger partial charge on any atom is 0.285 e. The summed E-state index contributed by atoms with van der Waals surface area (Å²) in [5.74, 6) is 0.641. The molecule has 0 fully saturated rings. The van der Waals surface area contributed by atoms with E-state index in [1.807, 2.05) is 47.3 Å². The van der Waals surface area contributed by atoms with Gasteiger partial charge in [-0.2, -0.15) is 5.10 Å². The average Bonchev–Trinajstić information content (AvgIpc) is 3.45. The van der Waals surface area contributed by atoms with E-state index >= 15 is 0 Å². The molecule has 0 amide bonds. The fraction of sp³-hybridized carbons (Fsp3) is 0.125. The summed E-state index contributed by atoms with van der Waals surface area (Å²) in [5.41, 5.74) is 10.5. The predicted octanol–water partition coefficient (Wildman–Crippen LogP) is 2.63. The quantitative estimate of drug-likeness (QED) is 0.249. The second-order valence-corrected chi connectivity index (χ2v) is 9.26. The van der Waals surface area contributed by atoms with Crippen LogP contribution in [0.5, 0.6) is 0 Å². The SMILES string of the molecule is Nc1c(-c2cc(Cc3ccc(Cn4cc5ccccc5n4)cc3)no2)ccc[n+]1COP(=O)([O-])O. The summed E-state index contributed by atoms with van der Waals surface area (Å²) in [4.78, 5) is 19.7. The Labute approximate surface area is 200 Å². The third-order valence-corrected chi connectivity index (χ3v) is 5.95. The molecular weight excluding hydrogens is 469 g/mol. The van der Waals surface area contributed by atoms with Crippen molar-refractivity contribution < 1.29 is 28.0 Å². The van der Waals surface area contributed by atoms with Gasteiger partial charge in [-0.1, -0.05) is 47.6 Å². The maximum absolute atomic E-state index is 10.9. The highest BCUT2D eigenvalue weighted by Gasteiger charge is 2.18. The van der Waals surface area contributed by atoms with Gasteiger partial charge in [-0.15, -0.1) is 0 Å². The third-order valence-electron chi connectivity index (χ3n) is 5.51. The number of aromatic nitrogens is 4.